The molecule has 0 unspecified atom stereocenters. The zero-order valence-electron chi connectivity index (χ0n) is 17.7. The number of aliphatic carboxylic acids is 1. The van der Waals surface area contributed by atoms with Crippen LogP contribution in [0.4, 0.5) is 10.1 Å². The maximum atomic E-state index is 13.0. The Morgan fingerprint density at radius 3 is 2.32 bits per heavy atom. The maximum Gasteiger partial charge on any atom is 0.322 e. The molecule has 0 bridgehead atoms. The molecule has 0 saturated carbocycles. The Bertz CT molecular complexity index is 1450. The Morgan fingerprint density at radius 1 is 0.971 bits per heavy atom. The Balaban J connectivity index is 1.47. The highest BCUT2D eigenvalue weighted by atomic mass is 32.2. The molecule has 0 spiro atoms. The van der Waals surface area contributed by atoms with Gasteiger partial charge in [0.05, 0.1) is 4.90 Å². The molecule has 0 fully saturated rings. The number of carbonyl (C=O) groups is 2. The van der Waals surface area contributed by atoms with Gasteiger partial charge in [-0.2, -0.15) is 4.72 Å². The molecule has 1 aromatic heterocycles. The van der Waals surface area contributed by atoms with Crippen LogP contribution in [0.1, 0.15) is 15.9 Å². The van der Waals surface area contributed by atoms with Crippen LogP contribution in [-0.2, 0) is 21.2 Å². The lowest BCUT2D eigenvalue weighted by Gasteiger charge is -2.15. The van der Waals surface area contributed by atoms with Gasteiger partial charge in [-0.3, -0.25) is 9.59 Å². The zero-order chi connectivity index (χ0) is 24.3. The molecular weight excluding hydrogens is 460 g/mol. The lowest BCUT2D eigenvalue weighted by Crippen LogP contribution is -2.42. The number of hydrogen-bond donors (Lipinski definition) is 4. The Labute approximate surface area is 194 Å². The smallest absolute Gasteiger partial charge is 0.322 e. The van der Waals surface area contributed by atoms with E-state index in [2.05, 4.69) is 15.0 Å². The summed E-state index contributed by atoms with van der Waals surface area (Å²) < 4.78 is 40.9. The molecule has 0 aliphatic heterocycles. The van der Waals surface area contributed by atoms with E-state index in [-0.39, 0.29) is 16.9 Å². The molecule has 3 aromatic carbocycles. The standard InChI is InChI=1S/C24H20FN3O5S/c25-17-7-5-15(6-8-17)23(29)27-18-9-11-19(12-10-18)34(32,33)28-22(24(30)31)13-16-14-26-21-4-2-1-3-20(16)21/h1-12,14,22,26,28H,13H2,(H,27,29)(H,30,31)/t22-/m1/s1/i25-1. The van der Waals surface area contributed by atoms with Crippen molar-refractivity contribution >= 4 is 38.5 Å². The molecule has 1 amide bonds. The Hall–Kier alpha value is -4.02. The summed E-state index contributed by atoms with van der Waals surface area (Å²) in [4.78, 5) is 26.9. The second-order valence-corrected chi connectivity index (χ2v) is 9.28. The number of nitrogens with one attached hydrogen (secondary N) is 3. The predicted octanol–water partition coefficient (Wildman–Crippen LogP) is 3.53. The monoisotopic (exact) mass is 480 g/mol. The number of hydrogen-bond acceptors (Lipinski definition) is 4. The van der Waals surface area contributed by atoms with Gasteiger partial charge in [0.25, 0.3) is 5.91 Å². The summed E-state index contributed by atoms with van der Waals surface area (Å²) in [6.07, 6.45) is 1.61. The number of H-pyrrole nitrogens is 1. The minimum Gasteiger partial charge on any atom is -0.480 e. The number of carboxylic acids is 1. The van der Waals surface area contributed by atoms with E-state index in [4.69, 9.17) is 0 Å². The van der Waals surface area contributed by atoms with E-state index in [1.54, 1.807) is 6.20 Å². The van der Waals surface area contributed by atoms with Gasteiger partial charge in [-0.15, -0.1) is 0 Å². The van der Waals surface area contributed by atoms with Gasteiger partial charge in [0.2, 0.25) is 10.0 Å². The molecule has 4 N–H and O–H groups in total. The van der Waals surface area contributed by atoms with E-state index in [0.717, 1.165) is 23.0 Å². The van der Waals surface area contributed by atoms with Crippen molar-refractivity contribution < 1.29 is 27.5 Å². The summed E-state index contributed by atoms with van der Waals surface area (Å²) >= 11 is 0. The number of anilines is 1. The number of amides is 1. The minimum absolute atomic E-state index is 0.0512. The minimum atomic E-state index is -4.16. The molecule has 174 valence electrons. The first-order valence-electron chi connectivity index (χ1n) is 10.2. The van der Waals surface area contributed by atoms with Crippen molar-refractivity contribution in [2.45, 2.75) is 17.4 Å². The first-order chi connectivity index (χ1) is 16.2. The molecular formula is C24H20FN3O5S. The summed E-state index contributed by atoms with van der Waals surface area (Å²) in [6, 6.07) is 16.2. The highest BCUT2D eigenvalue weighted by molar-refractivity contribution is 7.89. The van der Waals surface area contributed by atoms with Crippen LogP contribution >= 0.6 is 0 Å². The molecule has 0 saturated heterocycles. The number of benzene rings is 3. The fraction of sp³-hybridized carbons (Fsp3) is 0.0833. The molecule has 1 heterocycles. The fourth-order valence-corrected chi connectivity index (χ4v) is 4.67. The highest BCUT2D eigenvalue weighted by Crippen LogP contribution is 2.21. The fourth-order valence-electron chi connectivity index (χ4n) is 3.48. The third-order valence-corrected chi connectivity index (χ3v) is 6.71. The predicted molar refractivity (Wildman–Crippen MR) is 125 cm³/mol. The first-order valence-corrected chi connectivity index (χ1v) is 11.7. The van der Waals surface area contributed by atoms with E-state index >= 15 is 0 Å². The van der Waals surface area contributed by atoms with Crippen LogP contribution < -0.4 is 10.0 Å². The van der Waals surface area contributed by atoms with Crippen LogP contribution in [0.3, 0.4) is 0 Å². The molecule has 0 aliphatic rings. The third kappa shape index (κ3) is 5.13. The number of carbonyl (C=O) groups excluding carboxylic acids is 1. The molecule has 4 aromatic rings. The van der Waals surface area contributed by atoms with Crippen LogP contribution in [0.25, 0.3) is 10.9 Å². The zero-order valence-corrected chi connectivity index (χ0v) is 18.5. The van der Waals surface area contributed by atoms with Crippen LogP contribution in [0.15, 0.2) is 83.9 Å². The van der Waals surface area contributed by atoms with Gasteiger partial charge < -0.3 is 15.4 Å². The van der Waals surface area contributed by atoms with Gasteiger partial charge in [0.1, 0.15) is 11.9 Å². The van der Waals surface area contributed by atoms with Crippen molar-refractivity contribution in [1.82, 2.24) is 9.71 Å². The molecule has 34 heavy (non-hydrogen) atoms. The van der Waals surface area contributed by atoms with Crippen molar-refractivity contribution in [2.75, 3.05) is 5.32 Å². The largest absolute Gasteiger partial charge is 0.480 e. The number of aromatic amines is 1. The molecule has 4 rings (SSSR count). The molecule has 1 atom stereocenters. The van der Waals surface area contributed by atoms with Crippen molar-refractivity contribution in [1.29, 1.82) is 0 Å². The van der Waals surface area contributed by atoms with Gasteiger partial charge >= 0.3 is 5.97 Å². The number of fused-ring (bicyclic) bond motifs is 1. The number of sulfonamides is 1. The van der Waals surface area contributed by atoms with Crippen LogP contribution in [0.2, 0.25) is 0 Å². The van der Waals surface area contributed by atoms with Crippen LogP contribution in [-0.4, -0.2) is 36.4 Å². The van der Waals surface area contributed by atoms with Gasteiger partial charge in [0.15, 0.2) is 0 Å². The highest BCUT2D eigenvalue weighted by Gasteiger charge is 2.26. The average Bonchev–Trinajstić information content (AvgIpc) is 3.22. The van der Waals surface area contributed by atoms with E-state index in [1.165, 1.54) is 36.4 Å². The van der Waals surface area contributed by atoms with Crippen LogP contribution in [0.5, 0.6) is 0 Å². The van der Waals surface area contributed by atoms with Crippen LogP contribution in [0, 0.1) is 5.82 Å². The van der Waals surface area contributed by atoms with Gasteiger partial charge in [0, 0.05) is 34.8 Å². The van der Waals surface area contributed by atoms with E-state index in [0.29, 0.717) is 11.3 Å². The summed E-state index contributed by atoms with van der Waals surface area (Å²) in [5.41, 5.74) is 2.05. The number of carboxylic acid groups (broad SMARTS) is 1. The summed E-state index contributed by atoms with van der Waals surface area (Å²) in [5, 5.41) is 13.0. The molecule has 10 heteroatoms. The number of halogens is 1. The first kappa shape index (κ1) is 23.1. The molecule has 8 nitrogen and oxygen atoms in total. The lowest BCUT2D eigenvalue weighted by molar-refractivity contribution is -0.138. The summed E-state index contributed by atoms with van der Waals surface area (Å²) in [7, 11) is -4.16. The number of rotatable bonds is 8. The molecule has 0 aliphatic carbocycles. The van der Waals surface area contributed by atoms with Crippen molar-refractivity contribution in [3.63, 3.8) is 0 Å². The number of aromatic nitrogens is 1. The summed E-state index contributed by atoms with van der Waals surface area (Å²) in [6.45, 7) is 0. The van der Waals surface area contributed by atoms with Crippen molar-refractivity contribution in [3.8, 4) is 0 Å². The summed E-state index contributed by atoms with van der Waals surface area (Å²) in [5.74, 6) is -2.27. The van der Waals surface area contributed by atoms with E-state index in [9.17, 15) is 27.5 Å². The van der Waals surface area contributed by atoms with Crippen molar-refractivity contribution in [3.05, 3.63) is 95.9 Å². The topological polar surface area (TPSA) is 128 Å². The molecule has 0 radical (unpaired) electrons. The average molecular weight is 481 g/mol. The van der Waals surface area contributed by atoms with Gasteiger partial charge in [-0.25, -0.2) is 12.8 Å². The maximum absolute atomic E-state index is 13.0. The lowest BCUT2D eigenvalue weighted by atomic mass is 10.1. The van der Waals surface area contributed by atoms with Crippen molar-refractivity contribution in [2.24, 2.45) is 0 Å². The quantitative estimate of drug-likeness (QED) is 0.307. The number of para-hydroxylation sites is 1. The second-order valence-electron chi connectivity index (χ2n) is 7.56. The second kappa shape index (κ2) is 9.46. The third-order valence-electron chi connectivity index (χ3n) is 5.22. The Kier molecular flexibility index (Phi) is 6.44. The Morgan fingerprint density at radius 2 is 1.65 bits per heavy atom. The normalized spacial score (nSPS) is 12.4. The SMILES string of the molecule is O=C(Nc1ccc(S(=O)(=O)N[C@H](Cc2c[nH]c3ccccc23)C(=O)O)cc1)c1ccc([18F])cc1. The van der Waals surface area contributed by atoms with Gasteiger partial charge in [-0.1, -0.05) is 18.2 Å². The van der Waals surface area contributed by atoms with E-state index in [1.807, 2.05) is 24.3 Å². The van der Waals surface area contributed by atoms with Gasteiger partial charge in [-0.05, 0) is 60.2 Å². The van der Waals surface area contributed by atoms with E-state index < -0.39 is 33.8 Å².